The van der Waals surface area contributed by atoms with Crippen LogP contribution in [0.2, 0.25) is 0 Å². The van der Waals surface area contributed by atoms with Crippen molar-refractivity contribution in [1.82, 2.24) is 4.57 Å². The molecular weight excluding hydrogens is 462 g/mol. The van der Waals surface area contributed by atoms with E-state index in [2.05, 4.69) is 22.4 Å². The molecule has 1 heterocycles. The lowest BCUT2D eigenvalue weighted by atomic mass is 10.0. The molecule has 0 aliphatic rings. The molecule has 35 heavy (non-hydrogen) atoms. The molecule has 0 unspecified atom stereocenters. The van der Waals surface area contributed by atoms with Crippen molar-refractivity contribution in [2.45, 2.75) is 26.8 Å². The normalized spacial score (nSPS) is 11.4. The fraction of sp³-hybridized carbons (Fsp3) is 0.185. The van der Waals surface area contributed by atoms with E-state index in [1.807, 2.05) is 30.3 Å². The Labute approximate surface area is 206 Å². The minimum Gasteiger partial charge on any atom is -0.465 e. The molecule has 1 N–H and O–H groups in total. The van der Waals surface area contributed by atoms with Gasteiger partial charge in [-0.3, -0.25) is 14.4 Å². The number of nitrogens with zero attached hydrogens (tertiary/aromatic N) is 2. The summed E-state index contributed by atoms with van der Waals surface area (Å²) in [5.74, 6) is -1.00. The number of amides is 2. The molecule has 1 aromatic heterocycles. The van der Waals surface area contributed by atoms with Gasteiger partial charge in [0.25, 0.3) is 5.91 Å². The molecule has 2 amide bonds. The second-order valence-electron chi connectivity index (χ2n) is 7.92. The van der Waals surface area contributed by atoms with Crippen LogP contribution in [0.1, 0.15) is 35.3 Å². The molecule has 0 aliphatic heterocycles. The number of hydrogen-bond donors (Lipinski definition) is 1. The van der Waals surface area contributed by atoms with Crippen molar-refractivity contribution in [2.75, 3.05) is 11.9 Å². The fourth-order valence-electron chi connectivity index (χ4n) is 3.68. The van der Waals surface area contributed by atoms with Gasteiger partial charge in [-0.1, -0.05) is 53.8 Å². The summed E-state index contributed by atoms with van der Waals surface area (Å²) in [5.41, 5.74) is 4.10. The monoisotopic (exact) mass is 487 g/mol. The van der Waals surface area contributed by atoms with E-state index in [0.29, 0.717) is 16.1 Å². The van der Waals surface area contributed by atoms with Crippen LogP contribution in [0.15, 0.2) is 77.8 Å². The first kappa shape index (κ1) is 24.1. The first-order valence-electron chi connectivity index (χ1n) is 11.2. The first-order valence-corrected chi connectivity index (χ1v) is 12.0. The summed E-state index contributed by atoms with van der Waals surface area (Å²) in [6, 6.07) is 22.8. The van der Waals surface area contributed by atoms with E-state index >= 15 is 0 Å². The van der Waals surface area contributed by atoms with Gasteiger partial charge in [0.1, 0.15) is 6.54 Å². The zero-order chi connectivity index (χ0) is 24.8. The maximum Gasteiger partial charge on any atom is 0.326 e. The smallest absolute Gasteiger partial charge is 0.326 e. The summed E-state index contributed by atoms with van der Waals surface area (Å²) in [6.07, 6.45) is 0.777. The van der Waals surface area contributed by atoms with Gasteiger partial charge in [0.05, 0.1) is 16.8 Å². The molecule has 4 rings (SSSR count). The van der Waals surface area contributed by atoms with Crippen molar-refractivity contribution in [3.63, 3.8) is 0 Å². The van der Waals surface area contributed by atoms with Crippen molar-refractivity contribution in [1.29, 1.82) is 0 Å². The van der Waals surface area contributed by atoms with Gasteiger partial charge in [0.2, 0.25) is 5.91 Å². The lowest BCUT2D eigenvalue weighted by Gasteiger charge is -2.06. The van der Waals surface area contributed by atoms with Gasteiger partial charge in [-0.15, -0.1) is 0 Å². The second kappa shape index (κ2) is 10.9. The molecule has 0 fully saturated rings. The predicted octanol–water partition coefficient (Wildman–Crippen LogP) is 4.56. The van der Waals surface area contributed by atoms with E-state index in [0.717, 1.165) is 22.2 Å². The maximum atomic E-state index is 13.0. The highest BCUT2D eigenvalue weighted by Gasteiger charge is 2.14. The third-order valence-electron chi connectivity index (χ3n) is 5.24. The van der Waals surface area contributed by atoms with Crippen molar-refractivity contribution >= 4 is 45.0 Å². The standard InChI is InChI=1S/C27H25N3O4S/c1-3-34-25(32)17-30-23-14-13-22(28-18(2)31)16-24(23)35-27(30)29-26(33)21-11-9-20(10-12-21)15-19-7-5-4-6-8-19/h4-14,16H,3,15,17H2,1-2H3,(H,28,31). The summed E-state index contributed by atoms with van der Waals surface area (Å²) in [6.45, 7) is 3.36. The lowest BCUT2D eigenvalue weighted by Crippen LogP contribution is -2.23. The van der Waals surface area contributed by atoms with E-state index in [1.165, 1.54) is 23.8 Å². The van der Waals surface area contributed by atoms with Crippen LogP contribution in [0.3, 0.4) is 0 Å². The molecule has 0 saturated heterocycles. The Morgan fingerprint density at radius 3 is 2.37 bits per heavy atom. The molecule has 0 bridgehead atoms. The molecule has 178 valence electrons. The number of benzene rings is 3. The van der Waals surface area contributed by atoms with Crippen LogP contribution in [-0.4, -0.2) is 29.0 Å². The molecule has 0 atom stereocenters. The zero-order valence-electron chi connectivity index (χ0n) is 19.5. The highest BCUT2D eigenvalue weighted by Crippen LogP contribution is 2.22. The second-order valence-corrected chi connectivity index (χ2v) is 8.92. The number of nitrogens with one attached hydrogen (secondary N) is 1. The number of rotatable bonds is 7. The van der Waals surface area contributed by atoms with Crippen LogP contribution in [0, 0.1) is 0 Å². The van der Waals surface area contributed by atoms with E-state index in [4.69, 9.17) is 4.74 Å². The van der Waals surface area contributed by atoms with Crippen molar-refractivity contribution in [3.05, 3.63) is 94.3 Å². The van der Waals surface area contributed by atoms with Gasteiger partial charge in [-0.05, 0) is 54.8 Å². The summed E-state index contributed by atoms with van der Waals surface area (Å²) in [4.78, 5) is 41.4. The average molecular weight is 488 g/mol. The summed E-state index contributed by atoms with van der Waals surface area (Å²) >= 11 is 1.27. The molecule has 0 saturated carbocycles. The highest BCUT2D eigenvalue weighted by molar-refractivity contribution is 7.16. The van der Waals surface area contributed by atoms with Gasteiger partial charge in [0.15, 0.2) is 4.80 Å². The Morgan fingerprint density at radius 1 is 0.971 bits per heavy atom. The molecule has 8 heteroatoms. The highest BCUT2D eigenvalue weighted by atomic mass is 32.1. The number of hydrogen-bond acceptors (Lipinski definition) is 5. The number of anilines is 1. The molecule has 7 nitrogen and oxygen atoms in total. The van der Waals surface area contributed by atoms with Crippen LogP contribution in [0.5, 0.6) is 0 Å². The van der Waals surface area contributed by atoms with Crippen LogP contribution >= 0.6 is 11.3 Å². The van der Waals surface area contributed by atoms with Gasteiger partial charge in [0, 0.05) is 18.2 Å². The van der Waals surface area contributed by atoms with Crippen LogP contribution in [0.4, 0.5) is 5.69 Å². The fourth-order valence-corrected chi connectivity index (χ4v) is 4.74. The maximum absolute atomic E-state index is 13.0. The minimum absolute atomic E-state index is 0.0740. The molecule has 3 aromatic carbocycles. The van der Waals surface area contributed by atoms with Crippen LogP contribution in [0.25, 0.3) is 10.2 Å². The van der Waals surface area contributed by atoms with Crippen molar-refractivity contribution < 1.29 is 19.1 Å². The first-order chi connectivity index (χ1) is 16.9. The van der Waals surface area contributed by atoms with E-state index in [-0.39, 0.29) is 19.1 Å². The zero-order valence-corrected chi connectivity index (χ0v) is 20.3. The summed E-state index contributed by atoms with van der Waals surface area (Å²) < 4.78 is 7.55. The lowest BCUT2D eigenvalue weighted by molar-refractivity contribution is -0.143. The van der Waals surface area contributed by atoms with E-state index < -0.39 is 11.9 Å². The summed E-state index contributed by atoms with van der Waals surface area (Å²) in [5, 5.41) is 2.75. The number of ether oxygens (including phenoxy) is 1. The van der Waals surface area contributed by atoms with Gasteiger partial charge < -0.3 is 14.6 Å². The Kier molecular flexibility index (Phi) is 7.52. The van der Waals surface area contributed by atoms with Gasteiger partial charge in [-0.25, -0.2) is 0 Å². The van der Waals surface area contributed by atoms with Crippen LogP contribution in [-0.2, 0) is 27.3 Å². The van der Waals surface area contributed by atoms with E-state index in [9.17, 15) is 14.4 Å². The molecule has 0 spiro atoms. The van der Waals surface area contributed by atoms with Crippen LogP contribution < -0.4 is 10.1 Å². The Balaban J connectivity index is 1.66. The Hall–Kier alpha value is -4.04. The Morgan fingerprint density at radius 2 is 1.69 bits per heavy atom. The van der Waals surface area contributed by atoms with Gasteiger partial charge in [-0.2, -0.15) is 4.99 Å². The predicted molar refractivity (Wildman–Crippen MR) is 136 cm³/mol. The number of esters is 1. The molecule has 4 aromatic rings. The van der Waals surface area contributed by atoms with Crippen molar-refractivity contribution in [2.24, 2.45) is 4.99 Å². The molecule has 0 radical (unpaired) electrons. The largest absolute Gasteiger partial charge is 0.465 e. The SMILES string of the molecule is CCOC(=O)Cn1c(=NC(=O)c2ccc(Cc3ccccc3)cc2)sc2cc(NC(C)=O)ccc21. The molecular formula is C27H25N3O4S. The van der Waals surface area contributed by atoms with Gasteiger partial charge >= 0.3 is 5.97 Å². The average Bonchev–Trinajstić information content (AvgIpc) is 3.15. The number of aromatic nitrogens is 1. The Bertz CT molecular complexity index is 1440. The quantitative estimate of drug-likeness (QED) is 0.387. The molecule has 0 aliphatic carbocycles. The van der Waals surface area contributed by atoms with E-state index in [1.54, 1.807) is 41.8 Å². The topological polar surface area (TPSA) is 89.8 Å². The number of carbonyl (C=O) groups excluding carboxylic acids is 3. The van der Waals surface area contributed by atoms with Crippen molar-refractivity contribution in [3.8, 4) is 0 Å². The third kappa shape index (κ3) is 6.10. The number of thiazole rings is 1. The minimum atomic E-state index is -0.419. The number of carbonyl (C=O) groups is 3. The summed E-state index contributed by atoms with van der Waals surface area (Å²) in [7, 11) is 0. The third-order valence-corrected chi connectivity index (χ3v) is 6.29. The number of fused-ring (bicyclic) bond motifs is 1.